The first-order chi connectivity index (χ1) is 22.4. The van der Waals surface area contributed by atoms with E-state index in [1.54, 1.807) is 78.9 Å². The zero-order valence-corrected chi connectivity index (χ0v) is 24.7. The minimum atomic E-state index is -1.51. The highest BCUT2D eigenvalue weighted by atomic mass is 16.8. The standard InChI is InChI=1S/C34H34O12/c1-2-18-40-33-26(36)27(24(35)19-42-33)46-34-29(45-32(39)23-16-10-5-11-17-23)28(44-31(38)22-14-8-4-9-15-22)25(43-34)20-41-30(37)21-12-6-3-7-13-21/h2-17,24-29,33-36H,1,18-20H2/t24-,25+,26-,27+,28+,29-,33+,34+/m1/s1. The molecule has 2 heterocycles. The Morgan fingerprint density at radius 3 is 1.80 bits per heavy atom. The van der Waals surface area contributed by atoms with Gasteiger partial charge in [-0.3, -0.25) is 0 Å². The molecule has 5 rings (SSSR count). The highest BCUT2D eigenvalue weighted by molar-refractivity contribution is 5.91. The lowest BCUT2D eigenvalue weighted by molar-refractivity contribution is -0.306. The van der Waals surface area contributed by atoms with Gasteiger partial charge in [0, 0.05) is 0 Å². The first-order valence-electron chi connectivity index (χ1n) is 14.6. The molecule has 242 valence electrons. The molecule has 8 atom stereocenters. The van der Waals surface area contributed by atoms with Gasteiger partial charge in [-0.15, -0.1) is 6.58 Å². The van der Waals surface area contributed by atoms with Crippen LogP contribution in [0.5, 0.6) is 0 Å². The first kappa shape index (κ1) is 32.9. The zero-order chi connectivity index (χ0) is 32.5. The van der Waals surface area contributed by atoms with Crippen molar-refractivity contribution in [3.8, 4) is 0 Å². The average Bonchev–Trinajstić information content (AvgIpc) is 3.40. The van der Waals surface area contributed by atoms with E-state index in [4.69, 9.17) is 33.2 Å². The predicted molar refractivity (Wildman–Crippen MR) is 159 cm³/mol. The van der Waals surface area contributed by atoms with Crippen molar-refractivity contribution >= 4 is 17.9 Å². The van der Waals surface area contributed by atoms with Crippen LogP contribution in [-0.2, 0) is 33.2 Å². The third-order valence-electron chi connectivity index (χ3n) is 7.26. The SMILES string of the molecule is C=CCO[C@H]1OC[C@@H](O)[C@H](O[C@@H]2O[C@@H](COC(=O)c3ccccc3)[C@H](OC(=O)c3ccccc3)[C@H]2OC(=O)c2ccccc2)[C@H]1O. The van der Waals surface area contributed by atoms with E-state index in [1.165, 1.54) is 18.2 Å². The molecule has 0 unspecified atom stereocenters. The maximum atomic E-state index is 13.3. The number of benzene rings is 3. The molecule has 12 heteroatoms. The smallest absolute Gasteiger partial charge is 0.338 e. The molecule has 0 amide bonds. The topological polar surface area (TPSA) is 156 Å². The quantitative estimate of drug-likeness (QED) is 0.171. The van der Waals surface area contributed by atoms with Crippen molar-refractivity contribution in [2.24, 2.45) is 0 Å². The summed E-state index contributed by atoms with van der Waals surface area (Å²) in [6.07, 6.45) is -9.38. The number of aliphatic hydroxyl groups excluding tert-OH is 2. The van der Waals surface area contributed by atoms with Crippen LogP contribution in [0.3, 0.4) is 0 Å². The Morgan fingerprint density at radius 1 is 0.739 bits per heavy atom. The fraction of sp³-hybridized carbons (Fsp3) is 0.324. The monoisotopic (exact) mass is 634 g/mol. The highest BCUT2D eigenvalue weighted by Crippen LogP contribution is 2.33. The number of hydrogen-bond donors (Lipinski definition) is 2. The molecular weight excluding hydrogens is 600 g/mol. The maximum absolute atomic E-state index is 13.3. The van der Waals surface area contributed by atoms with Crippen LogP contribution < -0.4 is 0 Å². The zero-order valence-electron chi connectivity index (χ0n) is 24.7. The van der Waals surface area contributed by atoms with E-state index in [0.717, 1.165) is 0 Å². The van der Waals surface area contributed by atoms with Crippen LogP contribution in [-0.4, -0.2) is 97.1 Å². The lowest BCUT2D eigenvalue weighted by Crippen LogP contribution is -2.57. The molecule has 0 bridgehead atoms. The summed E-state index contributed by atoms with van der Waals surface area (Å²) in [7, 11) is 0. The normalized spacial score (nSPS) is 27.3. The Balaban J connectivity index is 1.44. The number of carbonyl (C=O) groups excluding carboxylic acids is 3. The van der Waals surface area contributed by atoms with Crippen molar-refractivity contribution in [1.29, 1.82) is 0 Å². The van der Waals surface area contributed by atoms with Crippen molar-refractivity contribution in [1.82, 2.24) is 0 Å². The van der Waals surface area contributed by atoms with Gasteiger partial charge in [-0.2, -0.15) is 0 Å². The van der Waals surface area contributed by atoms with Gasteiger partial charge in [0.15, 0.2) is 24.8 Å². The maximum Gasteiger partial charge on any atom is 0.338 e. The van der Waals surface area contributed by atoms with Crippen molar-refractivity contribution in [3.05, 3.63) is 120 Å². The molecule has 12 nitrogen and oxygen atoms in total. The van der Waals surface area contributed by atoms with Gasteiger partial charge >= 0.3 is 17.9 Å². The van der Waals surface area contributed by atoms with Gasteiger partial charge in [0.05, 0.1) is 29.9 Å². The molecule has 2 fully saturated rings. The molecule has 0 aromatic heterocycles. The lowest BCUT2D eigenvalue weighted by Gasteiger charge is -2.38. The van der Waals surface area contributed by atoms with Gasteiger partial charge < -0.3 is 43.4 Å². The summed E-state index contributed by atoms with van der Waals surface area (Å²) in [6.45, 7) is 2.94. The van der Waals surface area contributed by atoms with E-state index in [0.29, 0.717) is 0 Å². The molecule has 2 aliphatic rings. The lowest BCUT2D eigenvalue weighted by atomic mass is 10.0. The number of ether oxygens (including phenoxy) is 7. The second-order valence-electron chi connectivity index (χ2n) is 10.5. The average molecular weight is 635 g/mol. The summed E-state index contributed by atoms with van der Waals surface area (Å²) in [5.74, 6) is -2.22. The van der Waals surface area contributed by atoms with E-state index in [1.807, 2.05) is 0 Å². The molecular formula is C34H34O12. The minimum Gasteiger partial charge on any atom is -0.459 e. The van der Waals surface area contributed by atoms with Gasteiger partial charge in [0.25, 0.3) is 0 Å². The van der Waals surface area contributed by atoms with Crippen LogP contribution in [0, 0.1) is 0 Å². The van der Waals surface area contributed by atoms with Gasteiger partial charge in [0.1, 0.15) is 31.0 Å². The molecule has 0 spiro atoms. The number of aliphatic hydroxyl groups is 2. The van der Waals surface area contributed by atoms with Gasteiger partial charge in [-0.25, -0.2) is 14.4 Å². The predicted octanol–water partition coefficient (Wildman–Crippen LogP) is 2.69. The summed E-state index contributed by atoms with van der Waals surface area (Å²) >= 11 is 0. The first-order valence-corrected chi connectivity index (χ1v) is 14.6. The Hall–Kier alpha value is -4.43. The summed E-state index contributed by atoms with van der Waals surface area (Å²) in [6, 6.07) is 24.4. The van der Waals surface area contributed by atoms with Crippen LogP contribution in [0.15, 0.2) is 104 Å². The third-order valence-corrected chi connectivity index (χ3v) is 7.26. The van der Waals surface area contributed by atoms with Crippen molar-refractivity contribution in [2.45, 2.75) is 49.2 Å². The fourth-order valence-electron chi connectivity index (χ4n) is 4.95. The molecule has 3 aromatic carbocycles. The molecule has 3 aromatic rings. The molecule has 2 saturated heterocycles. The Bertz CT molecular complexity index is 1450. The van der Waals surface area contributed by atoms with E-state index < -0.39 is 73.7 Å². The van der Waals surface area contributed by atoms with Crippen LogP contribution in [0.4, 0.5) is 0 Å². The molecule has 0 aliphatic carbocycles. The second kappa shape index (κ2) is 15.7. The molecule has 2 aliphatic heterocycles. The van der Waals surface area contributed by atoms with Gasteiger partial charge in [-0.1, -0.05) is 60.7 Å². The number of carbonyl (C=O) groups is 3. The van der Waals surface area contributed by atoms with E-state index in [9.17, 15) is 24.6 Å². The third kappa shape index (κ3) is 8.04. The summed E-state index contributed by atoms with van der Waals surface area (Å²) < 4.78 is 40.2. The second-order valence-corrected chi connectivity index (χ2v) is 10.5. The summed E-state index contributed by atoms with van der Waals surface area (Å²) in [5.41, 5.74) is 0.673. The van der Waals surface area contributed by atoms with Crippen molar-refractivity contribution in [3.63, 3.8) is 0 Å². The number of hydrogen-bond acceptors (Lipinski definition) is 12. The van der Waals surface area contributed by atoms with E-state index >= 15 is 0 Å². The molecule has 0 radical (unpaired) electrons. The van der Waals surface area contributed by atoms with E-state index in [2.05, 4.69) is 6.58 Å². The van der Waals surface area contributed by atoms with Gasteiger partial charge in [-0.05, 0) is 36.4 Å². The Labute approximate surface area is 265 Å². The minimum absolute atomic E-state index is 0.0498. The molecule has 46 heavy (non-hydrogen) atoms. The fourth-order valence-corrected chi connectivity index (χ4v) is 4.95. The van der Waals surface area contributed by atoms with Gasteiger partial charge in [0.2, 0.25) is 0 Å². The molecule has 2 N–H and O–H groups in total. The van der Waals surface area contributed by atoms with Crippen LogP contribution in [0.25, 0.3) is 0 Å². The Kier molecular flexibility index (Phi) is 11.3. The number of rotatable bonds is 12. The summed E-state index contributed by atoms with van der Waals surface area (Å²) in [5, 5.41) is 21.7. The largest absolute Gasteiger partial charge is 0.459 e. The Morgan fingerprint density at radius 2 is 1.26 bits per heavy atom. The van der Waals surface area contributed by atoms with Crippen LogP contribution >= 0.6 is 0 Å². The summed E-state index contributed by atoms with van der Waals surface area (Å²) in [4.78, 5) is 39.4. The van der Waals surface area contributed by atoms with Crippen molar-refractivity contribution < 1.29 is 57.8 Å². The number of esters is 3. The van der Waals surface area contributed by atoms with Crippen LogP contribution in [0.1, 0.15) is 31.1 Å². The highest BCUT2D eigenvalue weighted by Gasteiger charge is 2.54. The van der Waals surface area contributed by atoms with E-state index in [-0.39, 0.29) is 29.9 Å². The molecule has 0 saturated carbocycles. The van der Waals surface area contributed by atoms with Crippen LogP contribution in [0.2, 0.25) is 0 Å². The van der Waals surface area contributed by atoms with Crippen molar-refractivity contribution in [2.75, 3.05) is 19.8 Å².